The van der Waals surface area contributed by atoms with Crippen molar-refractivity contribution in [3.63, 3.8) is 0 Å². The zero-order chi connectivity index (χ0) is 13.9. The number of amides is 2. The molecule has 1 rings (SSSR count). The van der Waals surface area contributed by atoms with Gasteiger partial charge >= 0.3 is 12.0 Å². The van der Waals surface area contributed by atoms with E-state index >= 15 is 0 Å². The third-order valence-electron chi connectivity index (χ3n) is 2.92. The number of nitrogens with zero attached hydrogens (tertiary/aromatic N) is 1. The largest absolute Gasteiger partial charge is 0.480 e. The summed E-state index contributed by atoms with van der Waals surface area (Å²) in [6.45, 7) is 9.07. The highest BCUT2D eigenvalue weighted by Crippen LogP contribution is 2.29. The molecule has 18 heavy (non-hydrogen) atoms. The topological polar surface area (TPSA) is 69.6 Å². The summed E-state index contributed by atoms with van der Waals surface area (Å²) < 4.78 is 0.0339. The van der Waals surface area contributed by atoms with E-state index < -0.39 is 12.0 Å². The number of hydrogen-bond donors (Lipinski definition) is 2. The maximum absolute atomic E-state index is 12.0. The molecule has 1 heterocycles. The van der Waals surface area contributed by atoms with Gasteiger partial charge in [-0.15, -0.1) is 0 Å². The lowest BCUT2D eigenvalue weighted by Gasteiger charge is -2.38. The van der Waals surface area contributed by atoms with E-state index in [2.05, 4.69) is 19.2 Å². The van der Waals surface area contributed by atoms with Crippen LogP contribution in [0.5, 0.6) is 0 Å². The van der Waals surface area contributed by atoms with Crippen LogP contribution in [0, 0.1) is 5.92 Å². The highest BCUT2D eigenvalue weighted by Gasteiger charge is 2.32. The summed E-state index contributed by atoms with van der Waals surface area (Å²) in [5.74, 6) is -0.220. The van der Waals surface area contributed by atoms with Crippen LogP contribution >= 0.6 is 11.8 Å². The summed E-state index contributed by atoms with van der Waals surface area (Å²) in [4.78, 5) is 24.8. The standard InChI is InChI=1S/C12H22N2O3S/c1-8(2)9(10(15)16)13-11(17)14-5-6-18-12(3,4)7-14/h8-9H,5-7H2,1-4H3,(H,13,17)(H,15,16)/t9-/m1/s1. The fourth-order valence-corrected chi connectivity index (χ4v) is 3.04. The van der Waals surface area contributed by atoms with Crippen LogP contribution in [-0.4, -0.2) is 51.6 Å². The summed E-state index contributed by atoms with van der Waals surface area (Å²) in [6, 6.07) is -1.10. The third-order valence-corrected chi connectivity index (χ3v) is 4.22. The molecule has 0 spiro atoms. The van der Waals surface area contributed by atoms with E-state index in [1.54, 1.807) is 18.7 Å². The number of urea groups is 1. The van der Waals surface area contributed by atoms with E-state index in [0.717, 1.165) is 5.75 Å². The highest BCUT2D eigenvalue weighted by molar-refractivity contribution is 8.00. The van der Waals surface area contributed by atoms with Gasteiger partial charge in [0, 0.05) is 23.6 Å². The molecule has 1 atom stereocenters. The van der Waals surface area contributed by atoms with Crippen LogP contribution in [-0.2, 0) is 4.79 Å². The molecule has 2 amide bonds. The third kappa shape index (κ3) is 4.08. The Morgan fingerprint density at radius 1 is 1.39 bits per heavy atom. The predicted octanol–water partition coefficient (Wildman–Crippen LogP) is 1.63. The Bertz CT molecular complexity index is 331. The van der Waals surface area contributed by atoms with E-state index in [9.17, 15) is 9.59 Å². The molecule has 0 saturated carbocycles. The first-order chi connectivity index (χ1) is 8.23. The average molecular weight is 274 g/mol. The molecule has 0 aromatic rings. The number of nitrogens with one attached hydrogen (secondary N) is 1. The second-order valence-electron chi connectivity index (χ2n) is 5.54. The van der Waals surface area contributed by atoms with Crippen molar-refractivity contribution in [1.29, 1.82) is 0 Å². The summed E-state index contributed by atoms with van der Waals surface area (Å²) in [5.41, 5.74) is 0. The summed E-state index contributed by atoms with van der Waals surface area (Å²) in [7, 11) is 0. The smallest absolute Gasteiger partial charge is 0.326 e. The van der Waals surface area contributed by atoms with E-state index in [1.807, 2.05) is 11.8 Å². The van der Waals surface area contributed by atoms with Gasteiger partial charge in [0.2, 0.25) is 0 Å². The van der Waals surface area contributed by atoms with E-state index in [1.165, 1.54) is 0 Å². The Hall–Kier alpha value is -0.910. The lowest BCUT2D eigenvalue weighted by Crippen LogP contribution is -2.54. The number of carboxylic acids is 1. The number of hydrogen-bond acceptors (Lipinski definition) is 3. The number of carbonyl (C=O) groups is 2. The van der Waals surface area contributed by atoms with Gasteiger partial charge in [0.25, 0.3) is 0 Å². The molecule has 0 bridgehead atoms. The van der Waals surface area contributed by atoms with Gasteiger partial charge in [-0.05, 0) is 19.8 Å². The lowest BCUT2D eigenvalue weighted by molar-refractivity contribution is -0.140. The number of thioether (sulfide) groups is 1. The van der Waals surface area contributed by atoms with Gasteiger partial charge in [-0.3, -0.25) is 0 Å². The van der Waals surface area contributed by atoms with Gasteiger partial charge in [0.15, 0.2) is 0 Å². The van der Waals surface area contributed by atoms with E-state index in [4.69, 9.17) is 5.11 Å². The Morgan fingerprint density at radius 3 is 2.44 bits per heavy atom. The van der Waals surface area contributed by atoms with E-state index in [0.29, 0.717) is 13.1 Å². The van der Waals surface area contributed by atoms with Gasteiger partial charge in [0.05, 0.1) is 0 Å². The predicted molar refractivity (Wildman–Crippen MR) is 72.9 cm³/mol. The molecule has 5 nitrogen and oxygen atoms in total. The molecule has 0 radical (unpaired) electrons. The maximum Gasteiger partial charge on any atom is 0.326 e. The van der Waals surface area contributed by atoms with Crippen LogP contribution in [0.1, 0.15) is 27.7 Å². The molecule has 0 unspecified atom stereocenters. The number of carbonyl (C=O) groups excluding carboxylic acids is 1. The van der Waals surface area contributed by atoms with Crippen molar-refractivity contribution >= 4 is 23.8 Å². The SMILES string of the molecule is CC(C)[C@@H](NC(=O)N1CCSC(C)(C)C1)C(=O)O. The van der Waals surface area contributed by atoms with E-state index in [-0.39, 0.29) is 16.7 Å². The van der Waals surface area contributed by atoms with Crippen LogP contribution in [0.25, 0.3) is 0 Å². The van der Waals surface area contributed by atoms with Gasteiger partial charge in [-0.1, -0.05) is 13.8 Å². The van der Waals surface area contributed by atoms with Crippen LogP contribution in [0.15, 0.2) is 0 Å². The Labute approximate surface area is 112 Å². The first-order valence-corrected chi connectivity index (χ1v) is 7.14. The second kappa shape index (κ2) is 5.82. The minimum Gasteiger partial charge on any atom is -0.480 e. The van der Waals surface area contributed by atoms with Gasteiger partial charge in [0.1, 0.15) is 6.04 Å². The van der Waals surface area contributed by atoms with Crippen molar-refractivity contribution in [2.24, 2.45) is 5.92 Å². The first-order valence-electron chi connectivity index (χ1n) is 6.15. The summed E-state index contributed by atoms with van der Waals surface area (Å²) >= 11 is 1.84. The lowest BCUT2D eigenvalue weighted by atomic mass is 10.1. The molecule has 6 heteroatoms. The fourth-order valence-electron chi connectivity index (χ4n) is 1.93. The van der Waals surface area contributed by atoms with Crippen molar-refractivity contribution in [3.05, 3.63) is 0 Å². The monoisotopic (exact) mass is 274 g/mol. The number of rotatable bonds is 3. The molecule has 2 N–H and O–H groups in total. The number of aliphatic carboxylic acids is 1. The fraction of sp³-hybridized carbons (Fsp3) is 0.833. The summed E-state index contributed by atoms with van der Waals surface area (Å²) in [5, 5.41) is 11.7. The maximum atomic E-state index is 12.0. The molecule has 1 aliphatic heterocycles. The van der Waals surface area contributed by atoms with Crippen molar-refractivity contribution in [2.45, 2.75) is 38.5 Å². The van der Waals surface area contributed by atoms with Crippen LogP contribution < -0.4 is 5.32 Å². The zero-order valence-electron chi connectivity index (χ0n) is 11.4. The highest BCUT2D eigenvalue weighted by atomic mass is 32.2. The van der Waals surface area contributed by atoms with Crippen LogP contribution in [0.2, 0.25) is 0 Å². The Morgan fingerprint density at radius 2 is 2.00 bits per heavy atom. The van der Waals surface area contributed by atoms with Gasteiger partial charge < -0.3 is 15.3 Å². The minimum absolute atomic E-state index is 0.0339. The van der Waals surface area contributed by atoms with Crippen LogP contribution in [0.4, 0.5) is 4.79 Å². The molecule has 0 aromatic heterocycles. The Balaban J connectivity index is 2.61. The Kier molecular flexibility index (Phi) is 4.90. The molecule has 1 fully saturated rings. The molecular formula is C12H22N2O3S. The van der Waals surface area contributed by atoms with Crippen LogP contribution in [0.3, 0.4) is 0 Å². The van der Waals surface area contributed by atoms with Crippen molar-refractivity contribution < 1.29 is 14.7 Å². The van der Waals surface area contributed by atoms with Gasteiger partial charge in [-0.2, -0.15) is 11.8 Å². The minimum atomic E-state index is -0.982. The number of carboxylic acid groups (broad SMARTS) is 1. The summed E-state index contributed by atoms with van der Waals surface area (Å²) in [6.07, 6.45) is 0. The second-order valence-corrected chi connectivity index (χ2v) is 7.34. The normalized spacial score (nSPS) is 20.6. The molecule has 1 aliphatic rings. The molecule has 1 saturated heterocycles. The van der Waals surface area contributed by atoms with Gasteiger partial charge in [-0.25, -0.2) is 9.59 Å². The first kappa shape index (κ1) is 15.1. The molecule has 104 valence electrons. The quantitative estimate of drug-likeness (QED) is 0.820. The zero-order valence-corrected chi connectivity index (χ0v) is 12.2. The molecule has 0 aromatic carbocycles. The van der Waals surface area contributed by atoms with Crippen molar-refractivity contribution in [2.75, 3.05) is 18.8 Å². The molecule has 0 aliphatic carbocycles. The van der Waals surface area contributed by atoms with Crippen molar-refractivity contribution in [1.82, 2.24) is 10.2 Å². The average Bonchev–Trinajstić information content (AvgIpc) is 2.23. The molecular weight excluding hydrogens is 252 g/mol. The van der Waals surface area contributed by atoms with Crippen molar-refractivity contribution in [3.8, 4) is 0 Å².